The summed E-state index contributed by atoms with van der Waals surface area (Å²) in [4.78, 5) is 0. The molecule has 2 rings (SSSR count). The van der Waals surface area contributed by atoms with E-state index in [4.69, 9.17) is 0 Å². The second-order valence-corrected chi connectivity index (χ2v) is 7.07. The van der Waals surface area contributed by atoms with Crippen LogP contribution in [-0.2, 0) is 0 Å². The molecule has 1 unspecified atom stereocenters. The lowest BCUT2D eigenvalue weighted by molar-refractivity contribution is 0.160. The molecular formula is C16H29. The molecule has 0 aromatic rings. The fourth-order valence-corrected chi connectivity index (χ4v) is 3.99. The van der Waals surface area contributed by atoms with Crippen LogP contribution in [0, 0.1) is 23.2 Å². The van der Waals surface area contributed by atoms with Gasteiger partial charge in [0.05, 0.1) is 0 Å². The molecule has 93 valence electrons. The van der Waals surface area contributed by atoms with E-state index in [1.807, 2.05) is 5.92 Å². The average molecular weight is 221 g/mol. The molecule has 0 spiro atoms. The molecule has 2 saturated carbocycles. The monoisotopic (exact) mass is 221 g/mol. The van der Waals surface area contributed by atoms with Crippen LogP contribution in [-0.4, -0.2) is 0 Å². The predicted octanol–water partition coefficient (Wildman–Crippen LogP) is 5.38. The highest BCUT2D eigenvalue weighted by atomic mass is 14.4. The van der Waals surface area contributed by atoms with Crippen LogP contribution in [0.2, 0.25) is 0 Å². The van der Waals surface area contributed by atoms with Crippen LogP contribution in [0.15, 0.2) is 0 Å². The maximum absolute atomic E-state index is 2.45. The maximum atomic E-state index is 2.45. The Kier molecular flexibility index (Phi) is 3.97. The Morgan fingerprint density at radius 3 is 2.06 bits per heavy atom. The second kappa shape index (κ2) is 5.10. The minimum atomic E-state index is 0.507. The molecule has 0 nitrogen and oxygen atoms in total. The van der Waals surface area contributed by atoms with Crippen molar-refractivity contribution in [3.05, 3.63) is 5.92 Å². The summed E-state index contributed by atoms with van der Waals surface area (Å²) >= 11 is 0. The largest absolute Gasteiger partial charge is 0.0599 e. The van der Waals surface area contributed by atoms with Crippen molar-refractivity contribution < 1.29 is 0 Å². The minimum absolute atomic E-state index is 0.507. The van der Waals surface area contributed by atoms with Gasteiger partial charge in [0.25, 0.3) is 0 Å². The van der Waals surface area contributed by atoms with Gasteiger partial charge in [0.1, 0.15) is 0 Å². The Balaban J connectivity index is 2.03. The van der Waals surface area contributed by atoms with Gasteiger partial charge in [-0.3, -0.25) is 0 Å². The highest BCUT2D eigenvalue weighted by Crippen LogP contribution is 2.49. The second-order valence-electron chi connectivity index (χ2n) is 7.07. The third-order valence-electron chi connectivity index (χ3n) is 4.83. The van der Waals surface area contributed by atoms with Crippen molar-refractivity contribution in [2.24, 2.45) is 17.3 Å². The van der Waals surface area contributed by atoms with Crippen LogP contribution in [0.1, 0.15) is 78.6 Å². The van der Waals surface area contributed by atoms with E-state index >= 15 is 0 Å². The first-order chi connectivity index (χ1) is 7.59. The van der Waals surface area contributed by atoms with E-state index in [0.29, 0.717) is 5.41 Å². The van der Waals surface area contributed by atoms with Gasteiger partial charge in [0, 0.05) is 0 Å². The van der Waals surface area contributed by atoms with Crippen LogP contribution < -0.4 is 0 Å². The van der Waals surface area contributed by atoms with Crippen molar-refractivity contribution in [3.8, 4) is 0 Å². The molecule has 0 N–H and O–H groups in total. The maximum Gasteiger partial charge on any atom is -0.0174 e. The highest BCUT2D eigenvalue weighted by molar-refractivity contribution is 5.08. The lowest BCUT2D eigenvalue weighted by atomic mass is 9.60. The smallest absolute Gasteiger partial charge is 0.0174 e. The predicted molar refractivity (Wildman–Crippen MR) is 71.2 cm³/mol. The fourth-order valence-electron chi connectivity index (χ4n) is 3.99. The molecular weight excluding hydrogens is 192 g/mol. The van der Waals surface area contributed by atoms with Gasteiger partial charge in [0.15, 0.2) is 0 Å². The van der Waals surface area contributed by atoms with Crippen LogP contribution in [0.3, 0.4) is 0 Å². The van der Waals surface area contributed by atoms with E-state index in [1.165, 1.54) is 57.8 Å². The van der Waals surface area contributed by atoms with Gasteiger partial charge < -0.3 is 0 Å². The molecule has 1 radical (unpaired) electrons. The lowest BCUT2D eigenvalue weighted by Crippen LogP contribution is -2.34. The third-order valence-corrected chi connectivity index (χ3v) is 4.83. The summed E-state index contributed by atoms with van der Waals surface area (Å²) in [5, 5.41) is 0. The molecule has 1 atom stereocenters. The van der Waals surface area contributed by atoms with E-state index in [2.05, 4.69) is 20.8 Å². The summed E-state index contributed by atoms with van der Waals surface area (Å²) in [6.07, 6.45) is 13.3. The van der Waals surface area contributed by atoms with E-state index in [1.54, 1.807) is 0 Å². The summed E-state index contributed by atoms with van der Waals surface area (Å²) in [7, 11) is 0. The van der Waals surface area contributed by atoms with Gasteiger partial charge in [-0.05, 0) is 48.9 Å². The molecule has 0 aromatic carbocycles. The Morgan fingerprint density at radius 1 is 0.812 bits per heavy atom. The number of hydrogen-bond acceptors (Lipinski definition) is 0. The van der Waals surface area contributed by atoms with Crippen LogP contribution in [0.4, 0.5) is 0 Å². The topological polar surface area (TPSA) is 0 Å². The molecule has 0 amide bonds. The molecule has 0 aliphatic heterocycles. The Bertz CT molecular complexity index is 205. The third kappa shape index (κ3) is 2.81. The molecule has 0 aromatic heterocycles. The zero-order valence-corrected chi connectivity index (χ0v) is 11.5. The van der Waals surface area contributed by atoms with Gasteiger partial charge in [-0.2, -0.15) is 0 Å². The summed E-state index contributed by atoms with van der Waals surface area (Å²) < 4.78 is 0. The molecule has 2 fully saturated rings. The molecule has 0 saturated heterocycles. The van der Waals surface area contributed by atoms with Crippen molar-refractivity contribution in [1.82, 2.24) is 0 Å². The van der Waals surface area contributed by atoms with Gasteiger partial charge >= 0.3 is 0 Å². The zero-order valence-electron chi connectivity index (χ0n) is 11.5. The first kappa shape index (κ1) is 12.5. The van der Waals surface area contributed by atoms with E-state index in [9.17, 15) is 0 Å². The summed E-state index contributed by atoms with van der Waals surface area (Å²) in [6.45, 7) is 7.35. The average Bonchev–Trinajstić information content (AvgIpc) is 2.29. The standard InChI is InChI=1S/C16H29/c1-16(2,3)15-12-8-7-11-14(15)13-9-5-4-6-10-13/h13,15H,4-12H2,1-3H3. The molecule has 0 bridgehead atoms. The number of rotatable bonds is 1. The summed E-state index contributed by atoms with van der Waals surface area (Å²) in [5.41, 5.74) is 0.507. The highest BCUT2D eigenvalue weighted by Gasteiger charge is 2.38. The van der Waals surface area contributed by atoms with Crippen molar-refractivity contribution >= 4 is 0 Å². The Labute approximate surface area is 102 Å². The summed E-state index contributed by atoms with van der Waals surface area (Å²) in [5.74, 6) is 3.89. The normalized spacial score (nSPS) is 30.6. The quantitative estimate of drug-likeness (QED) is 0.558. The van der Waals surface area contributed by atoms with Crippen LogP contribution >= 0.6 is 0 Å². The first-order valence-electron chi connectivity index (χ1n) is 7.44. The molecule has 2 aliphatic rings. The lowest BCUT2D eigenvalue weighted by Gasteiger charge is -2.44. The van der Waals surface area contributed by atoms with Gasteiger partial charge in [-0.1, -0.05) is 52.9 Å². The van der Waals surface area contributed by atoms with Crippen molar-refractivity contribution in [1.29, 1.82) is 0 Å². The van der Waals surface area contributed by atoms with E-state index < -0.39 is 0 Å². The van der Waals surface area contributed by atoms with Crippen molar-refractivity contribution in [2.75, 3.05) is 0 Å². The van der Waals surface area contributed by atoms with Gasteiger partial charge in [0.2, 0.25) is 0 Å². The Hall–Kier alpha value is 0. The van der Waals surface area contributed by atoms with Crippen molar-refractivity contribution in [3.63, 3.8) is 0 Å². The fraction of sp³-hybridized carbons (Fsp3) is 0.938. The molecule has 2 aliphatic carbocycles. The zero-order chi connectivity index (χ0) is 11.6. The van der Waals surface area contributed by atoms with Crippen LogP contribution in [0.5, 0.6) is 0 Å². The van der Waals surface area contributed by atoms with E-state index in [0.717, 1.165) is 11.8 Å². The summed E-state index contributed by atoms with van der Waals surface area (Å²) in [6, 6.07) is 0. The van der Waals surface area contributed by atoms with Crippen molar-refractivity contribution in [2.45, 2.75) is 78.6 Å². The van der Waals surface area contributed by atoms with Gasteiger partial charge in [-0.15, -0.1) is 0 Å². The number of hydrogen-bond donors (Lipinski definition) is 0. The minimum Gasteiger partial charge on any atom is -0.0599 e. The Morgan fingerprint density at radius 2 is 1.44 bits per heavy atom. The molecule has 0 heterocycles. The van der Waals surface area contributed by atoms with Gasteiger partial charge in [-0.25, -0.2) is 0 Å². The SMILES string of the molecule is CC(C)(C)C1CCCC[C]1C1CCCCC1. The molecule has 0 heteroatoms. The first-order valence-corrected chi connectivity index (χ1v) is 7.44. The van der Waals surface area contributed by atoms with E-state index in [-0.39, 0.29) is 0 Å². The van der Waals surface area contributed by atoms with Crippen LogP contribution in [0.25, 0.3) is 0 Å². The molecule has 16 heavy (non-hydrogen) atoms.